The summed E-state index contributed by atoms with van der Waals surface area (Å²) >= 11 is 26.7. The molecule has 3 aromatic carbocycles. The fourth-order valence-electron chi connectivity index (χ4n) is 3.35. The first-order chi connectivity index (χ1) is 17.2. The van der Waals surface area contributed by atoms with Crippen molar-refractivity contribution in [3.05, 3.63) is 103 Å². The maximum absolute atomic E-state index is 13.6. The Hall–Kier alpha value is -2.41. The van der Waals surface area contributed by atoms with Crippen LogP contribution in [0, 0.1) is 13.8 Å². The van der Waals surface area contributed by atoms with E-state index in [0.717, 1.165) is 11.1 Å². The molecule has 0 spiro atoms. The van der Waals surface area contributed by atoms with Crippen LogP contribution in [-0.4, -0.2) is 17.7 Å². The molecular weight excluding hydrogens is 558 g/mol. The molecule has 4 rings (SSSR count). The van der Waals surface area contributed by atoms with Crippen molar-refractivity contribution in [3.63, 3.8) is 0 Å². The lowest BCUT2D eigenvalue weighted by atomic mass is 10.2. The minimum absolute atomic E-state index is 0.254. The fourth-order valence-corrected chi connectivity index (χ4v) is 5.32. The third-order valence-corrected chi connectivity index (χ3v) is 7.61. The number of halogens is 4. The number of amidine groups is 1. The van der Waals surface area contributed by atoms with Gasteiger partial charge in [0.05, 0.1) is 26.3 Å². The predicted molar refractivity (Wildman–Crippen MR) is 155 cm³/mol. The highest BCUT2D eigenvalue weighted by atomic mass is 35.5. The Balaban J connectivity index is 1.77. The quantitative estimate of drug-likeness (QED) is 0.216. The van der Waals surface area contributed by atoms with Crippen molar-refractivity contribution >= 4 is 86.7 Å². The average Bonchev–Trinajstić information content (AvgIpc) is 3.12. The summed E-state index contributed by atoms with van der Waals surface area (Å²) in [5, 5.41) is 2.27. The lowest BCUT2D eigenvalue weighted by Gasteiger charge is -2.16. The zero-order chi connectivity index (χ0) is 26.0. The highest BCUT2D eigenvalue weighted by molar-refractivity contribution is 8.19. The molecule has 36 heavy (non-hydrogen) atoms. The van der Waals surface area contributed by atoms with Gasteiger partial charge in [-0.3, -0.25) is 9.69 Å². The van der Waals surface area contributed by atoms with Crippen LogP contribution in [0.2, 0.25) is 20.1 Å². The highest BCUT2D eigenvalue weighted by Crippen LogP contribution is 2.40. The molecule has 0 saturated carbocycles. The Labute approximate surface area is 234 Å². The lowest BCUT2D eigenvalue weighted by Crippen LogP contribution is -2.28. The predicted octanol–water partition coefficient (Wildman–Crippen LogP) is 9.29. The third-order valence-electron chi connectivity index (χ3n) is 5.26. The molecule has 1 heterocycles. The first-order valence-electron chi connectivity index (χ1n) is 10.8. The van der Waals surface area contributed by atoms with Gasteiger partial charge in [-0.25, -0.2) is 4.99 Å². The first kappa shape index (κ1) is 26.6. The van der Waals surface area contributed by atoms with Crippen molar-refractivity contribution in [3.8, 4) is 5.75 Å². The number of rotatable bonds is 6. The number of aliphatic imine (C=N–C) groups is 1. The van der Waals surface area contributed by atoms with E-state index < -0.39 is 0 Å². The molecule has 0 radical (unpaired) electrons. The second kappa shape index (κ2) is 11.3. The maximum atomic E-state index is 13.6. The van der Waals surface area contributed by atoms with E-state index in [9.17, 15) is 4.79 Å². The molecule has 0 aliphatic carbocycles. The summed E-state index contributed by atoms with van der Waals surface area (Å²) in [7, 11) is 0. The van der Waals surface area contributed by atoms with E-state index >= 15 is 0 Å². The molecule has 4 nitrogen and oxygen atoms in total. The summed E-state index contributed by atoms with van der Waals surface area (Å²) in [6, 6.07) is 14.3. The molecule has 3 aromatic rings. The average molecular weight is 578 g/mol. The molecule has 0 atom stereocenters. The number of carbonyl (C=O) groups is 1. The molecular formula is C27H20Cl4N2O2S. The standard InChI is InChI=1S/C27H20Cl4N2O2S/c1-4-9-35-25-22(30)10-17(11-23(25)31)12-24-26(34)33(19-8-6-16(3)21(29)14-19)27(36-24)32-18-7-5-15(2)20(28)13-18/h4-8,10-14H,1,9H2,2-3H3/b24-12+,32-27?. The van der Waals surface area contributed by atoms with Gasteiger partial charge in [-0.05, 0) is 84.8 Å². The second-order valence-corrected chi connectivity index (χ2v) is 10.6. The summed E-state index contributed by atoms with van der Waals surface area (Å²) in [4.78, 5) is 20.3. The van der Waals surface area contributed by atoms with Gasteiger partial charge in [-0.2, -0.15) is 0 Å². The summed E-state index contributed by atoms with van der Waals surface area (Å²) in [6.07, 6.45) is 3.32. The Morgan fingerprint density at radius 2 is 1.58 bits per heavy atom. The molecule has 0 unspecified atom stereocenters. The number of hydrogen-bond donors (Lipinski definition) is 0. The Kier molecular flexibility index (Phi) is 8.38. The van der Waals surface area contributed by atoms with Crippen molar-refractivity contribution in [1.29, 1.82) is 0 Å². The molecule has 0 bridgehead atoms. The molecule has 1 aliphatic heterocycles. The Morgan fingerprint density at radius 1 is 0.944 bits per heavy atom. The van der Waals surface area contributed by atoms with Gasteiger partial charge in [0, 0.05) is 10.0 Å². The fraction of sp³-hybridized carbons (Fsp3) is 0.111. The molecule has 0 aromatic heterocycles. The largest absolute Gasteiger partial charge is 0.486 e. The van der Waals surface area contributed by atoms with Crippen LogP contribution in [0.4, 0.5) is 11.4 Å². The van der Waals surface area contributed by atoms with Gasteiger partial charge in [-0.15, -0.1) is 0 Å². The van der Waals surface area contributed by atoms with Gasteiger partial charge in [0.1, 0.15) is 6.61 Å². The smallest absolute Gasteiger partial charge is 0.271 e. The first-order valence-corrected chi connectivity index (χ1v) is 13.1. The topological polar surface area (TPSA) is 41.9 Å². The van der Waals surface area contributed by atoms with E-state index in [1.807, 2.05) is 38.1 Å². The SMILES string of the molecule is C=CCOc1c(Cl)cc(/C=C2/SC(=Nc3ccc(C)c(Cl)c3)N(c3ccc(C)c(Cl)c3)C2=O)cc1Cl. The van der Waals surface area contributed by atoms with Crippen molar-refractivity contribution in [1.82, 2.24) is 0 Å². The summed E-state index contributed by atoms with van der Waals surface area (Å²) < 4.78 is 5.53. The lowest BCUT2D eigenvalue weighted by molar-refractivity contribution is -0.113. The minimum Gasteiger partial charge on any atom is -0.486 e. The van der Waals surface area contributed by atoms with Crippen molar-refractivity contribution in [2.24, 2.45) is 4.99 Å². The molecule has 9 heteroatoms. The van der Waals surface area contributed by atoms with E-state index in [2.05, 4.69) is 6.58 Å². The van der Waals surface area contributed by atoms with E-state index in [1.54, 1.807) is 36.4 Å². The van der Waals surface area contributed by atoms with Crippen molar-refractivity contribution in [2.45, 2.75) is 13.8 Å². The number of aryl methyl sites for hydroxylation is 2. The van der Waals surface area contributed by atoms with Crippen LogP contribution in [0.3, 0.4) is 0 Å². The molecule has 0 N–H and O–H groups in total. The maximum Gasteiger partial charge on any atom is 0.271 e. The molecule has 1 aliphatic rings. The zero-order valence-electron chi connectivity index (χ0n) is 19.3. The van der Waals surface area contributed by atoms with Gasteiger partial charge in [0.15, 0.2) is 10.9 Å². The van der Waals surface area contributed by atoms with Crippen LogP contribution in [-0.2, 0) is 4.79 Å². The Bertz CT molecular complexity index is 1410. The molecule has 1 amide bonds. The van der Waals surface area contributed by atoms with Crippen LogP contribution >= 0.6 is 58.2 Å². The number of thioether (sulfide) groups is 1. The van der Waals surface area contributed by atoms with Crippen LogP contribution < -0.4 is 9.64 Å². The summed E-state index contributed by atoms with van der Waals surface area (Å²) in [5.41, 5.74) is 3.72. The van der Waals surface area contributed by atoms with Gasteiger partial charge in [0.2, 0.25) is 0 Å². The van der Waals surface area contributed by atoms with Crippen molar-refractivity contribution < 1.29 is 9.53 Å². The number of amides is 1. The van der Waals surface area contributed by atoms with E-state index in [-0.39, 0.29) is 12.5 Å². The van der Waals surface area contributed by atoms with Gasteiger partial charge < -0.3 is 4.74 Å². The zero-order valence-corrected chi connectivity index (χ0v) is 23.2. The van der Waals surface area contributed by atoms with E-state index in [0.29, 0.717) is 52.9 Å². The summed E-state index contributed by atoms with van der Waals surface area (Å²) in [5.74, 6) is 0.108. The van der Waals surface area contributed by atoms with Gasteiger partial charge in [-0.1, -0.05) is 71.2 Å². The van der Waals surface area contributed by atoms with Crippen LogP contribution in [0.15, 0.2) is 71.1 Å². The number of carbonyl (C=O) groups excluding carboxylic acids is 1. The third kappa shape index (κ3) is 5.77. The molecule has 184 valence electrons. The highest BCUT2D eigenvalue weighted by Gasteiger charge is 2.35. The monoisotopic (exact) mass is 576 g/mol. The summed E-state index contributed by atoms with van der Waals surface area (Å²) in [6.45, 7) is 7.71. The number of nitrogens with zero attached hydrogens (tertiary/aromatic N) is 2. The van der Waals surface area contributed by atoms with Gasteiger partial charge in [0.25, 0.3) is 5.91 Å². The number of benzene rings is 3. The number of ether oxygens (including phenoxy) is 1. The molecule has 1 fully saturated rings. The van der Waals surface area contributed by atoms with Crippen LogP contribution in [0.5, 0.6) is 5.75 Å². The van der Waals surface area contributed by atoms with Crippen LogP contribution in [0.25, 0.3) is 6.08 Å². The number of hydrogen-bond acceptors (Lipinski definition) is 4. The van der Waals surface area contributed by atoms with Crippen LogP contribution in [0.1, 0.15) is 16.7 Å². The second-order valence-electron chi connectivity index (χ2n) is 7.93. The molecule has 1 saturated heterocycles. The van der Waals surface area contributed by atoms with E-state index in [1.165, 1.54) is 16.7 Å². The minimum atomic E-state index is -0.254. The van der Waals surface area contributed by atoms with E-state index in [4.69, 9.17) is 56.1 Å². The number of anilines is 1. The normalized spacial score (nSPS) is 15.7. The Morgan fingerprint density at radius 3 is 2.19 bits per heavy atom. The van der Waals surface area contributed by atoms with Gasteiger partial charge >= 0.3 is 0 Å². The van der Waals surface area contributed by atoms with Crippen molar-refractivity contribution in [2.75, 3.05) is 11.5 Å².